The molecule has 0 N–H and O–H groups in total. The number of hydrogen-bond acceptors (Lipinski definition) is 4. The monoisotopic (exact) mass is 512 g/mol. The predicted molar refractivity (Wildman–Crippen MR) is 97.5 cm³/mol. The first-order valence-corrected chi connectivity index (χ1v) is 9.27. The number of halogens is 6. The predicted octanol–water partition coefficient (Wildman–Crippen LogP) is 6.14. The first-order chi connectivity index (χ1) is 12.2. The molecule has 0 aliphatic carbocycles. The Morgan fingerprint density at radius 3 is 2.50 bits per heavy atom. The summed E-state index contributed by atoms with van der Waals surface area (Å²) in [5.74, 6) is 0.371. The van der Waals surface area contributed by atoms with Gasteiger partial charge in [-0.2, -0.15) is 18.3 Å². The van der Waals surface area contributed by atoms with E-state index in [0.717, 1.165) is 4.47 Å². The van der Waals surface area contributed by atoms with E-state index in [1.54, 1.807) is 12.1 Å². The van der Waals surface area contributed by atoms with Crippen molar-refractivity contribution in [2.45, 2.75) is 25.6 Å². The van der Waals surface area contributed by atoms with Gasteiger partial charge in [0.15, 0.2) is 5.75 Å². The number of benzene rings is 1. The zero-order valence-electron chi connectivity index (χ0n) is 12.9. The molecule has 11 heteroatoms. The van der Waals surface area contributed by atoms with Crippen molar-refractivity contribution in [2.24, 2.45) is 0 Å². The van der Waals surface area contributed by atoms with Gasteiger partial charge in [0.1, 0.15) is 10.1 Å². The van der Waals surface area contributed by atoms with E-state index in [2.05, 4.69) is 46.9 Å². The van der Waals surface area contributed by atoms with Crippen LogP contribution in [0, 0.1) is 0 Å². The Labute approximate surface area is 167 Å². The quantitative estimate of drug-likeness (QED) is 0.411. The van der Waals surface area contributed by atoms with Crippen LogP contribution in [0.15, 0.2) is 33.6 Å². The largest absolute Gasteiger partial charge is 0.422 e. The molecule has 138 valence electrons. The third-order valence-electron chi connectivity index (χ3n) is 3.39. The maximum atomic E-state index is 12.4. The van der Waals surface area contributed by atoms with Crippen LogP contribution in [0.25, 0.3) is 10.9 Å². The van der Waals surface area contributed by atoms with Crippen LogP contribution in [0.2, 0.25) is 5.02 Å². The molecule has 0 amide bonds. The average Bonchev–Trinajstić information content (AvgIpc) is 2.89. The fourth-order valence-corrected chi connectivity index (χ4v) is 3.80. The van der Waals surface area contributed by atoms with Gasteiger partial charge in [-0.05, 0) is 50.4 Å². The van der Waals surface area contributed by atoms with E-state index < -0.39 is 12.6 Å². The lowest BCUT2D eigenvalue weighted by atomic mass is 10.2. The fraction of sp³-hybridized carbons (Fsp3) is 0.267. The van der Waals surface area contributed by atoms with Gasteiger partial charge >= 0.3 is 12.2 Å². The van der Waals surface area contributed by atoms with E-state index in [0.29, 0.717) is 26.3 Å². The summed E-state index contributed by atoms with van der Waals surface area (Å²) in [5.41, 5.74) is 0.534. The summed E-state index contributed by atoms with van der Waals surface area (Å²) in [6.45, 7) is 0.0793. The Bertz CT molecular complexity index is 931. The first-order valence-electron chi connectivity index (χ1n) is 7.31. The molecule has 0 aliphatic heterocycles. The highest BCUT2D eigenvalue weighted by molar-refractivity contribution is 9.11. The van der Waals surface area contributed by atoms with Gasteiger partial charge in [-0.25, -0.2) is 9.97 Å². The second-order valence-corrected chi connectivity index (χ2v) is 7.33. The Kier molecular flexibility index (Phi) is 5.73. The number of rotatable bonds is 5. The molecule has 0 bridgehead atoms. The smallest absolute Gasteiger partial charge is 0.389 e. The molecule has 3 aromatic rings. The van der Waals surface area contributed by atoms with Gasteiger partial charge in [-0.3, -0.25) is 4.68 Å². The molecule has 0 saturated heterocycles. The molecule has 0 radical (unpaired) electrons. The number of hydrogen-bond donors (Lipinski definition) is 0. The average molecular weight is 515 g/mol. The highest BCUT2D eigenvalue weighted by atomic mass is 79.9. The Morgan fingerprint density at radius 2 is 1.85 bits per heavy atom. The number of ether oxygens (including phenoxy) is 1. The molecule has 2 aromatic heterocycles. The number of aryl methyl sites for hydroxylation is 1. The van der Waals surface area contributed by atoms with Gasteiger partial charge in [0.2, 0.25) is 0 Å². The summed E-state index contributed by atoms with van der Waals surface area (Å²) in [4.78, 5) is 7.93. The summed E-state index contributed by atoms with van der Waals surface area (Å²) in [6, 6.07) is 3.48. The minimum Gasteiger partial charge on any atom is -0.422 e. The Balaban J connectivity index is 1.97. The second kappa shape index (κ2) is 7.69. The van der Waals surface area contributed by atoms with Crippen LogP contribution in [-0.4, -0.2) is 25.9 Å². The zero-order chi connectivity index (χ0) is 18.9. The van der Waals surface area contributed by atoms with Crippen LogP contribution >= 0.6 is 43.5 Å². The van der Waals surface area contributed by atoms with E-state index in [1.807, 2.05) is 0 Å². The number of nitrogens with zero attached hydrogens (tertiary/aromatic N) is 4. The first kappa shape index (κ1) is 19.4. The van der Waals surface area contributed by atoms with Crippen molar-refractivity contribution >= 4 is 54.4 Å². The van der Waals surface area contributed by atoms with Gasteiger partial charge < -0.3 is 4.74 Å². The molecule has 0 fully saturated rings. The van der Waals surface area contributed by atoms with Crippen LogP contribution in [0.5, 0.6) is 11.8 Å². The number of fused-ring (bicyclic) bond motifs is 1. The van der Waals surface area contributed by atoms with Gasteiger partial charge in [-0.1, -0.05) is 11.6 Å². The molecule has 0 spiro atoms. The third-order valence-corrected chi connectivity index (χ3v) is 4.80. The lowest BCUT2D eigenvalue weighted by molar-refractivity contribution is -0.135. The van der Waals surface area contributed by atoms with Crippen molar-refractivity contribution in [1.29, 1.82) is 0 Å². The number of aromatic nitrogens is 4. The van der Waals surface area contributed by atoms with Crippen molar-refractivity contribution in [3.05, 3.63) is 38.6 Å². The van der Waals surface area contributed by atoms with Gasteiger partial charge in [0, 0.05) is 17.4 Å². The Morgan fingerprint density at radius 1 is 1.15 bits per heavy atom. The summed E-state index contributed by atoms with van der Waals surface area (Å²) < 4.78 is 45.7. The van der Waals surface area contributed by atoms with E-state index >= 15 is 0 Å². The molecule has 26 heavy (non-hydrogen) atoms. The molecular formula is C15H10Br2ClF3N4O. The molecule has 2 heterocycles. The lowest BCUT2D eigenvalue weighted by Crippen LogP contribution is -2.10. The van der Waals surface area contributed by atoms with Crippen molar-refractivity contribution in [3.63, 3.8) is 0 Å². The molecule has 0 saturated carbocycles. The number of alkyl halides is 3. The minimum absolute atomic E-state index is 0.0668. The van der Waals surface area contributed by atoms with Crippen molar-refractivity contribution < 1.29 is 17.9 Å². The topological polar surface area (TPSA) is 52.8 Å². The minimum atomic E-state index is -4.21. The van der Waals surface area contributed by atoms with Crippen molar-refractivity contribution in [3.8, 4) is 11.8 Å². The molecule has 0 aliphatic rings. The molecule has 0 atom stereocenters. The van der Waals surface area contributed by atoms with Crippen LogP contribution in [0.3, 0.4) is 0 Å². The normalized spacial score (nSPS) is 11.9. The summed E-state index contributed by atoms with van der Waals surface area (Å²) in [6.07, 6.45) is -2.43. The van der Waals surface area contributed by atoms with Gasteiger partial charge in [-0.15, -0.1) is 0 Å². The summed E-state index contributed by atoms with van der Waals surface area (Å²) in [5, 5.41) is 5.32. The van der Waals surface area contributed by atoms with Gasteiger partial charge in [0.25, 0.3) is 0 Å². The zero-order valence-corrected chi connectivity index (χ0v) is 16.8. The van der Waals surface area contributed by atoms with E-state index in [-0.39, 0.29) is 19.0 Å². The Hall–Kier alpha value is -1.39. The highest BCUT2D eigenvalue weighted by Gasteiger charge is 2.26. The van der Waals surface area contributed by atoms with E-state index in [1.165, 1.54) is 17.1 Å². The molecule has 3 rings (SSSR count). The van der Waals surface area contributed by atoms with Crippen LogP contribution in [0.4, 0.5) is 13.2 Å². The van der Waals surface area contributed by atoms with Crippen LogP contribution in [-0.2, 0) is 6.54 Å². The van der Waals surface area contributed by atoms with Crippen molar-refractivity contribution in [1.82, 2.24) is 19.7 Å². The van der Waals surface area contributed by atoms with E-state index in [4.69, 9.17) is 16.3 Å². The third kappa shape index (κ3) is 4.47. The molecular weight excluding hydrogens is 504 g/mol. The summed E-state index contributed by atoms with van der Waals surface area (Å²) >= 11 is 12.5. The second-order valence-electron chi connectivity index (χ2n) is 5.29. The van der Waals surface area contributed by atoms with Gasteiger partial charge in [0.05, 0.1) is 22.8 Å². The molecule has 1 aromatic carbocycles. The molecule has 5 nitrogen and oxygen atoms in total. The standard InChI is InChI=1S/C15H10Br2ClF3N4O/c16-9-2-3-10(26-14-22-6-8(18)7-23-14)12-11(9)13(17)24-25(12)5-1-4-15(19,20)21/h2-3,6-7H,1,4-5H2. The van der Waals surface area contributed by atoms with E-state index in [9.17, 15) is 13.2 Å². The maximum absolute atomic E-state index is 12.4. The van der Waals surface area contributed by atoms with Crippen LogP contribution < -0.4 is 4.74 Å². The SMILES string of the molecule is FC(F)(F)CCCn1nc(Br)c2c(Br)ccc(Oc3ncc(Cl)cn3)c21. The molecule has 0 unspecified atom stereocenters. The summed E-state index contributed by atoms with van der Waals surface area (Å²) in [7, 11) is 0. The van der Waals surface area contributed by atoms with Crippen molar-refractivity contribution in [2.75, 3.05) is 0 Å². The highest BCUT2D eigenvalue weighted by Crippen LogP contribution is 2.38. The fourth-order valence-electron chi connectivity index (χ4n) is 2.33. The lowest BCUT2D eigenvalue weighted by Gasteiger charge is -2.10. The van der Waals surface area contributed by atoms with Crippen LogP contribution in [0.1, 0.15) is 12.8 Å². The maximum Gasteiger partial charge on any atom is 0.389 e.